The minimum absolute atomic E-state index is 0.0878. The molecule has 1 atom stereocenters. The largest absolute Gasteiger partial charge is 0.295 e. The van der Waals surface area contributed by atoms with Gasteiger partial charge in [-0.05, 0) is 20.4 Å². The Morgan fingerprint density at radius 1 is 1.47 bits per heavy atom. The molecular weight excluding hydrogens is 240 g/mol. The second-order valence-electron chi connectivity index (χ2n) is 4.30. The van der Waals surface area contributed by atoms with Crippen molar-refractivity contribution in [3.05, 3.63) is 11.8 Å². The summed E-state index contributed by atoms with van der Waals surface area (Å²) in [5, 5.41) is 4.14. The standard InChI is InChI=1S/C10H18N4O2S/c1-8(14-5-4-6-14)9-7-10(12-13(9)3)17(15,16)11-2/h7-8,11H,4-6H2,1-3H3. The van der Waals surface area contributed by atoms with E-state index >= 15 is 0 Å². The Morgan fingerprint density at radius 3 is 2.59 bits per heavy atom. The van der Waals surface area contributed by atoms with Crippen molar-refractivity contribution in [1.82, 2.24) is 19.4 Å². The van der Waals surface area contributed by atoms with Crippen LogP contribution >= 0.6 is 0 Å². The molecule has 0 aliphatic carbocycles. The van der Waals surface area contributed by atoms with Crippen LogP contribution in [0.25, 0.3) is 0 Å². The lowest BCUT2D eigenvalue weighted by molar-refractivity contribution is 0.123. The summed E-state index contributed by atoms with van der Waals surface area (Å²) in [5.74, 6) is 0. The third kappa shape index (κ3) is 2.22. The van der Waals surface area contributed by atoms with Gasteiger partial charge in [0.15, 0.2) is 5.03 Å². The molecule has 1 fully saturated rings. The highest BCUT2D eigenvalue weighted by Gasteiger charge is 2.26. The minimum atomic E-state index is -3.45. The zero-order valence-electron chi connectivity index (χ0n) is 10.3. The number of aryl methyl sites for hydroxylation is 1. The summed E-state index contributed by atoms with van der Waals surface area (Å²) in [6.45, 7) is 4.22. The summed E-state index contributed by atoms with van der Waals surface area (Å²) in [5.41, 5.74) is 0.929. The van der Waals surface area contributed by atoms with Crippen LogP contribution in [-0.4, -0.2) is 43.2 Å². The molecule has 0 bridgehead atoms. The third-order valence-electron chi connectivity index (χ3n) is 3.30. The molecule has 1 N–H and O–H groups in total. The van der Waals surface area contributed by atoms with Crippen molar-refractivity contribution < 1.29 is 8.42 Å². The first-order valence-corrected chi connectivity index (χ1v) is 7.15. The van der Waals surface area contributed by atoms with Crippen molar-refractivity contribution in [2.45, 2.75) is 24.4 Å². The molecule has 0 spiro atoms. The Bertz CT molecular complexity index is 504. The monoisotopic (exact) mass is 258 g/mol. The first-order chi connectivity index (χ1) is 7.95. The van der Waals surface area contributed by atoms with Crippen molar-refractivity contribution in [3.63, 3.8) is 0 Å². The van der Waals surface area contributed by atoms with Crippen molar-refractivity contribution in [1.29, 1.82) is 0 Å². The average molecular weight is 258 g/mol. The second-order valence-corrected chi connectivity index (χ2v) is 6.14. The predicted octanol–water partition coefficient (Wildman–Crippen LogP) is 0.0949. The molecule has 1 aliphatic heterocycles. The van der Waals surface area contributed by atoms with Gasteiger partial charge in [-0.2, -0.15) is 5.10 Å². The molecule has 1 aliphatic rings. The van der Waals surface area contributed by atoms with Gasteiger partial charge in [-0.25, -0.2) is 13.1 Å². The molecule has 7 heteroatoms. The molecular formula is C10H18N4O2S. The number of likely N-dealkylation sites (tertiary alicyclic amines) is 1. The molecule has 1 aromatic rings. The molecule has 2 rings (SSSR count). The van der Waals surface area contributed by atoms with Gasteiger partial charge in [0.05, 0.1) is 5.69 Å². The maximum Gasteiger partial charge on any atom is 0.259 e. The highest BCUT2D eigenvalue weighted by Crippen LogP contribution is 2.25. The highest BCUT2D eigenvalue weighted by atomic mass is 32.2. The summed E-state index contributed by atoms with van der Waals surface area (Å²) < 4.78 is 27.2. The van der Waals surface area contributed by atoms with Gasteiger partial charge < -0.3 is 0 Å². The Kier molecular flexibility index (Phi) is 3.24. The molecule has 1 aromatic heterocycles. The van der Waals surface area contributed by atoms with Crippen LogP contribution in [0.15, 0.2) is 11.1 Å². The van der Waals surface area contributed by atoms with Crippen LogP contribution in [0, 0.1) is 0 Å². The average Bonchev–Trinajstić information content (AvgIpc) is 2.58. The Balaban J connectivity index is 2.30. The maximum absolute atomic E-state index is 11.6. The number of nitrogens with one attached hydrogen (secondary N) is 1. The van der Waals surface area contributed by atoms with E-state index in [-0.39, 0.29) is 11.1 Å². The minimum Gasteiger partial charge on any atom is -0.295 e. The van der Waals surface area contributed by atoms with E-state index in [2.05, 4.69) is 21.6 Å². The SMILES string of the molecule is CNS(=O)(=O)c1cc(C(C)N2CCC2)n(C)n1. The van der Waals surface area contributed by atoms with Gasteiger partial charge >= 0.3 is 0 Å². The molecule has 0 radical (unpaired) electrons. The van der Waals surface area contributed by atoms with E-state index in [4.69, 9.17) is 0 Å². The summed E-state index contributed by atoms with van der Waals surface area (Å²) in [6, 6.07) is 1.86. The molecule has 6 nitrogen and oxygen atoms in total. The van der Waals surface area contributed by atoms with E-state index in [1.54, 1.807) is 17.8 Å². The maximum atomic E-state index is 11.6. The Morgan fingerprint density at radius 2 is 2.12 bits per heavy atom. The van der Waals surface area contributed by atoms with E-state index in [1.165, 1.54) is 13.5 Å². The summed E-state index contributed by atoms with van der Waals surface area (Å²) >= 11 is 0. The lowest BCUT2D eigenvalue weighted by atomic mass is 10.1. The van der Waals surface area contributed by atoms with Crippen molar-refractivity contribution in [2.24, 2.45) is 7.05 Å². The van der Waals surface area contributed by atoms with Gasteiger partial charge in [0.25, 0.3) is 10.0 Å². The smallest absolute Gasteiger partial charge is 0.259 e. The third-order valence-corrected chi connectivity index (χ3v) is 4.59. The summed E-state index contributed by atoms with van der Waals surface area (Å²) in [4.78, 5) is 2.30. The van der Waals surface area contributed by atoms with Crippen LogP contribution < -0.4 is 4.72 Å². The van der Waals surface area contributed by atoms with Crippen molar-refractivity contribution >= 4 is 10.0 Å². The van der Waals surface area contributed by atoms with Crippen molar-refractivity contribution in [2.75, 3.05) is 20.1 Å². The van der Waals surface area contributed by atoms with Gasteiger partial charge in [0, 0.05) is 32.2 Å². The lowest BCUT2D eigenvalue weighted by Crippen LogP contribution is -2.39. The van der Waals surface area contributed by atoms with Crippen LogP contribution in [0.5, 0.6) is 0 Å². The van der Waals surface area contributed by atoms with Gasteiger partial charge in [-0.3, -0.25) is 9.58 Å². The van der Waals surface area contributed by atoms with Crippen molar-refractivity contribution in [3.8, 4) is 0 Å². The summed E-state index contributed by atoms with van der Waals surface area (Å²) in [6.07, 6.45) is 1.21. The van der Waals surface area contributed by atoms with Crippen LogP contribution in [0.1, 0.15) is 25.1 Å². The zero-order valence-corrected chi connectivity index (χ0v) is 11.2. The number of aromatic nitrogens is 2. The number of sulfonamides is 1. The van der Waals surface area contributed by atoms with Crippen LogP contribution in [0.2, 0.25) is 0 Å². The first kappa shape index (κ1) is 12.5. The van der Waals surface area contributed by atoms with E-state index in [0.717, 1.165) is 18.8 Å². The van der Waals surface area contributed by atoms with E-state index < -0.39 is 10.0 Å². The molecule has 0 saturated carbocycles. The van der Waals surface area contributed by atoms with Gasteiger partial charge in [-0.15, -0.1) is 0 Å². The zero-order chi connectivity index (χ0) is 12.6. The molecule has 1 unspecified atom stereocenters. The fraction of sp³-hybridized carbons (Fsp3) is 0.700. The quantitative estimate of drug-likeness (QED) is 0.831. The molecule has 0 amide bonds. The molecule has 17 heavy (non-hydrogen) atoms. The lowest BCUT2D eigenvalue weighted by Gasteiger charge is -2.36. The number of hydrogen-bond donors (Lipinski definition) is 1. The number of rotatable bonds is 4. The summed E-state index contributed by atoms with van der Waals surface area (Å²) in [7, 11) is -0.279. The highest BCUT2D eigenvalue weighted by molar-refractivity contribution is 7.89. The predicted molar refractivity (Wildman–Crippen MR) is 64.1 cm³/mol. The second kappa shape index (κ2) is 4.40. The Labute approximate surface area is 102 Å². The van der Waals surface area contributed by atoms with E-state index in [0.29, 0.717) is 0 Å². The van der Waals surface area contributed by atoms with Gasteiger partial charge in [-0.1, -0.05) is 0 Å². The molecule has 96 valence electrons. The number of nitrogens with zero attached hydrogens (tertiary/aromatic N) is 3. The first-order valence-electron chi connectivity index (χ1n) is 5.67. The van der Waals surface area contributed by atoms with Gasteiger partial charge in [0.1, 0.15) is 0 Å². The molecule has 1 saturated heterocycles. The fourth-order valence-corrected chi connectivity index (χ4v) is 2.71. The normalized spacial score (nSPS) is 19.0. The molecule has 0 aromatic carbocycles. The number of hydrogen-bond acceptors (Lipinski definition) is 4. The van der Waals surface area contributed by atoms with Gasteiger partial charge in [0.2, 0.25) is 0 Å². The molecule has 2 heterocycles. The van der Waals surface area contributed by atoms with Crippen LogP contribution in [0.4, 0.5) is 0 Å². The van der Waals surface area contributed by atoms with E-state index in [9.17, 15) is 8.42 Å². The fourth-order valence-electron chi connectivity index (χ4n) is 2.00. The van der Waals surface area contributed by atoms with Crippen LogP contribution in [0.3, 0.4) is 0 Å². The Hall–Kier alpha value is -0.920. The van der Waals surface area contributed by atoms with E-state index in [1.807, 2.05) is 0 Å². The van der Waals surface area contributed by atoms with Crippen LogP contribution in [-0.2, 0) is 17.1 Å². The topological polar surface area (TPSA) is 67.2 Å².